The summed E-state index contributed by atoms with van der Waals surface area (Å²) in [6.07, 6.45) is 2.28. The number of benzene rings is 1. The van der Waals surface area contributed by atoms with Gasteiger partial charge in [0, 0.05) is 13.2 Å². The van der Waals surface area contributed by atoms with Gasteiger partial charge in [-0.1, -0.05) is 12.1 Å². The first kappa shape index (κ1) is 11.4. The third-order valence-electron chi connectivity index (χ3n) is 3.04. The standard InChI is InChI=1S/C13H18FNO/c1-10-4-2-6-12(14)13(10)15-8-11-5-3-7-16-9-11/h2,4,6,11,15H,3,5,7-9H2,1H3. The van der Waals surface area contributed by atoms with E-state index in [1.54, 1.807) is 6.07 Å². The van der Waals surface area contributed by atoms with E-state index in [9.17, 15) is 4.39 Å². The normalized spacial score (nSPS) is 20.8. The summed E-state index contributed by atoms with van der Waals surface area (Å²) >= 11 is 0. The Morgan fingerprint density at radius 1 is 1.50 bits per heavy atom. The van der Waals surface area contributed by atoms with Crippen LogP contribution in [0.4, 0.5) is 10.1 Å². The highest BCUT2D eigenvalue weighted by Gasteiger charge is 2.14. The molecule has 1 aromatic rings. The first-order valence-corrected chi connectivity index (χ1v) is 5.84. The highest BCUT2D eigenvalue weighted by molar-refractivity contribution is 5.51. The minimum atomic E-state index is -0.170. The van der Waals surface area contributed by atoms with Crippen molar-refractivity contribution in [3.63, 3.8) is 0 Å². The molecule has 1 aromatic carbocycles. The Morgan fingerprint density at radius 3 is 3.06 bits per heavy atom. The van der Waals surface area contributed by atoms with Crippen LogP contribution in [0.3, 0.4) is 0 Å². The van der Waals surface area contributed by atoms with E-state index in [0.717, 1.165) is 31.7 Å². The van der Waals surface area contributed by atoms with Crippen molar-refractivity contribution >= 4 is 5.69 Å². The van der Waals surface area contributed by atoms with E-state index in [4.69, 9.17) is 4.74 Å². The average molecular weight is 223 g/mol. The van der Waals surface area contributed by atoms with Crippen LogP contribution in [0.5, 0.6) is 0 Å². The molecule has 1 aliphatic rings. The quantitative estimate of drug-likeness (QED) is 0.850. The molecule has 16 heavy (non-hydrogen) atoms. The molecule has 0 aromatic heterocycles. The minimum absolute atomic E-state index is 0.170. The third-order valence-corrected chi connectivity index (χ3v) is 3.04. The van der Waals surface area contributed by atoms with Crippen LogP contribution in [-0.4, -0.2) is 19.8 Å². The van der Waals surface area contributed by atoms with Gasteiger partial charge < -0.3 is 10.1 Å². The molecule has 1 atom stereocenters. The molecular weight excluding hydrogens is 205 g/mol. The number of halogens is 1. The first-order valence-electron chi connectivity index (χ1n) is 5.84. The van der Waals surface area contributed by atoms with E-state index in [1.807, 2.05) is 13.0 Å². The summed E-state index contributed by atoms with van der Waals surface area (Å²) in [5.74, 6) is 0.337. The SMILES string of the molecule is Cc1cccc(F)c1NCC1CCCOC1. The molecule has 1 aliphatic heterocycles. The fraction of sp³-hybridized carbons (Fsp3) is 0.538. The Bertz CT molecular complexity index is 328. The van der Waals surface area contributed by atoms with Crippen molar-refractivity contribution in [1.82, 2.24) is 0 Å². The van der Waals surface area contributed by atoms with Crippen LogP contribution in [0.15, 0.2) is 18.2 Å². The minimum Gasteiger partial charge on any atom is -0.382 e. The van der Waals surface area contributed by atoms with Crippen molar-refractivity contribution < 1.29 is 9.13 Å². The fourth-order valence-electron chi connectivity index (χ4n) is 2.07. The summed E-state index contributed by atoms with van der Waals surface area (Å²) < 4.78 is 18.9. The monoisotopic (exact) mass is 223 g/mol. The molecule has 1 heterocycles. The number of ether oxygens (including phenoxy) is 1. The van der Waals surface area contributed by atoms with Crippen LogP contribution < -0.4 is 5.32 Å². The Kier molecular flexibility index (Phi) is 3.78. The van der Waals surface area contributed by atoms with Gasteiger partial charge in [-0.05, 0) is 37.3 Å². The highest BCUT2D eigenvalue weighted by Crippen LogP contribution is 2.20. The summed E-state index contributed by atoms with van der Waals surface area (Å²) in [5, 5.41) is 3.20. The number of rotatable bonds is 3. The second kappa shape index (κ2) is 5.30. The molecular formula is C13H18FNO. The zero-order valence-electron chi connectivity index (χ0n) is 9.63. The van der Waals surface area contributed by atoms with Crippen molar-refractivity contribution in [3.8, 4) is 0 Å². The molecule has 3 heteroatoms. The van der Waals surface area contributed by atoms with E-state index in [-0.39, 0.29) is 5.82 Å². The molecule has 0 saturated carbocycles. The molecule has 2 rings (SSSR count). The number of hydrogen-bond donors (Lipinski definition) is 1. The molecule has 1 unspecified atom stereocenters. The van der Waals surface area contributed by atoms with Gasteiger partial charge in [0.2, 0.25) is 0 Å². The Hall–Kier alpha value is -1.09. The molecule has 0 spiro atoms. The fourth-order valence-corrected chi connectivity index (χ4v) is 2.07. The number of nitrogens with one attached hydrogen (secondary N) is 1. The summed E-state index contributed by atoms with van der Waals surface area (Å²) in [4.78, 5) is 0. The molecule has 1 saturated heterocycles. The lowest BCUT2D eigenvalue weighted by Crippen LogP contribution is -2.24. The summed E-state index contributed by atoms with van der Waals surface area (Å²) in [6, 6.07) is 5.15. The second-order valence-electron chi connectivity index (χ2n) is 4.40. The number of hydrogen-bond acceptors (Lipinski definition) is 2. The first-order chi connectivity index (χ1) is 7.77. The summed E-state index contributed by atoms with van der Waals surface area (Å²) in [5.41, 5.74) is 1.59. The molecule has 1 fully saturated rings. The van der Waals surface area contributed by atoms with Crippen molar-refractivity contribution in [2.75, 3.05) is 25.1 Å². The summed E-state index contributed by atoms with van der Waals surface area (Å²) in [6.45, 7) is 4.38. The van der Waals surface area contributed by atoms with Crippen molar-refractivity contribution in [3.05, 3.63) is 29.6 Å². The van der Waals surface area contributed by atoms with Gasteiger partial charge in [-0.2, -0.15) is 0 Å². The van der Waals surface area contributed by atoms with Gasteiger partial charge in [-0.3, -0.25) is 0 Å². The molecule has 88 valence electrons. The van der Waals surface area contributed by atoms with Gasteiger partial charge in [0.05, 0.1) is 12.3 Å². The lowest BCUT2D eigenvalue weighted by Gasteiger charge is -2.23. The van der Waals surface area contributed by atoms with Crippen LogP contribution in [0, 0.1) is 18.7 Å². The highest BCUT2D eigenvalue weighted by atomic mass is 19.1. The molecule has 0 aliphatic carbocycles. The van der Waals surface area contributed by atoms with Crippen molar-refractivity contribution in [1.29, 1.82) is 0 Å². The maximum absolute atomic E-state index is 13.5. The Morgan fingerprint density at radius 2 is 2.38 bits per heavy atom. The van der Waals surface area contributed by atoms with Crippen molar-refractivity contribution in [2.45, 2.75) is 19.8 Å². The maximum atomic E-state index is 13.5. The van der Waals surface area contributed by atoms with E-state index in [0.29, 0.717) is 11.6 Å². The van der Waals surface area contributed by atoms with Crippen LogP contribution in [0.25, 0.3) is 0 Å². The average Bonchev–Trinajstić information content (AvgIpc) is 2.30. The van der Waals surface area contributed by atoms with Gasteiger partial charge in [0.15, 0.2) is 0 Å². The predicted molar refractivity (Wildman–Crippen MR) is 63.2 cm³/mol. The topological polar surface area (TPSA) is 21.3 Å². The van der Waals surface area contributed by atoms with Crippen LogP contribution in [0.2, 0.25) is 0 Å². The lowest BCUT2D eigenvalue weighted by molar-refractivity contribution is 0.0595. The summed E-state index contributed by atoms with van der Waals surface area (Å²) in [7, 11) is 0. The van der Waals surface area contributed by atoms with E-state index in [2.05, 4.69) is 5.32 Å². The zero-order valence-corrected chi connectivity index (χ0v) is 9.63. The molecule has 0 radical (unpaired) electrons. The third kappa shape index (κ3) is 2.73. The van der Waals surface area contributed by atoms with Gasteiger partial charge in [0.1, 0.15) is 5.82 Å². The molecule has 2 nitrogen and oxygen atoms in total. The Labute approximate surface area is 95.8 Å². The number of anilines is 1. The largest absolute Gasteiger partial charge is 0.382 e. The van der Waals surface area contributed by atoms with Crippen LogP contribution in [0.1, 0.15) is 18.4 Å². The molecule has 1 N–H and O–H groups in total. The van der Waals surface area contributed by atoms with Gasteiger partial charge >= 0.3 is 0 Å². The van der Waals surface area contributed by atoms with E-state index >= 15 is 0 Å². The van der Waals surface area contributed by atoms with Gasteiger partial charge in [0.25, 0.3) is 0 Å². The maximum Gasteiger partial charge on any atom is 0.146 e. The zero-order chi connectivity index (χ0) is 11.4. The van der Waals surface area contributed by atoms with Gasteiger partial charge in [-0.25, -0.2) is 4.39 Å². The number of aryl methyl sites for hydroxylation is 1. The molecule has 0 bridgehead atoms. The van der Waals surface area contributed by atoms with Gasteiger partial charge in [-0.15, -0.1) is 0 Å². The van der Waals surface area contributed by atoms with Crippen LogP contribution in [-0.2, 0) is 4.74 Å². The predicted octanol–water partition coefficient (Wildman–Crippen LogP) is 2.97. The van der Waals surface area contributed by atoms with E-state index < -0.39 is 0 Å². The Balaban J connectivity index is 1.93. The second-order valence-corrected chi connectivity index (χ2v) is 4.40. The lowest BCUT2D eigenvalue weighted by atomic mass is 10.0. The van der Waals surface area contributed by atoms with Crippen LogP contribution >= 0.6 is 0 Å². The van der Waals surface area contributed by atoms with E-state index in [1.165, 1.54) is 12.5 Å². The van der Waals surface area contributed by atoms with Crippen molar-refractivity contribution in [2.24, 2.45) is 5.92 Å². The number of para-hydroxylation sites is 1. The smallest absolute Gasteiger partial charge is 0.146 e. The molecule has 0 amide bonds.